The van der Waals surface area contributed by atoms with Gasteiger partial charge in [0.05, 0.1) is 5.92 Å². The molecule has 0 bridgehead atoms. The Morgan fingerprint density at radius 2 is 2.00 bits per heavy atom. The van der Waals surface area contributed by atoms with E-state index in [2.05, 4.69) is 16.0 Å². The fourth-order valence-electron chi connectivity index (χ4n) is 2.97. The first-order valence-corrected chi connectivity index (χ1v) is 9.29. The first-order chi connectivity index (χ1) is 11.6. The number of carbonyl (C=O) groups is 3. The number of anilines is 1. The number of rotatable bonds is 5. The highest BCUT2D eigenvalue weighted by Gasteiger charge is 2.30. The van der Waals surface area contributed by atoms with Crippen LogP contribution in [0.1, 0.15) is 18.4 Å². The summed E-state index contributed by atoms with van der Waals surface area (Å²) in [6, 6.07) is 7.69. The Balaban J connectivity index is 0.00000225. The van der Waals surface area contributed by atoms with Crippen LogP contribution in [0.4, 0.5) is 5.69 Å². The third kappa shape index (κ3) is 5.73. The van der Waals surface area contributed by atoms with Crippen molar-refractivity contribution in [2.24, 2.45) is 5.92 Å². The molecule has 2 fully saturated rings. The zero-order valence-electron chi connectivity index (χ0n) is 13.7. The van der Waals surface area contributed by atoms with Crippen molar-refractivity contribution in [1.82, 2.24) is 10.6 Å². The molecule has 1 aromatic carbocycles. The lowest BCUT2D eigenvalue weighted by molar-refractivity contribution is -0.125. The van der Waals surface area contributed by atoms with Gasteiger partial charge in [-0.1, -0.05) is 12.1 Å². The maximum absolute atomic E-state index is 12.1. The highest BCUT2D eigenvalue weighted by Crippen LogP contribution is 2.19. The van der Waals surface area contributed by atoms with E-state index in [0.717, 1.165) is 29.3 Å². The van der Waals surface area contributed by atoms with Crippen LogP contribution >= 0.6 is 24.2 Å². The molecule has 6 nitrogen and oxygen atoms in total. The second kappa shape index (κ2) is 9.22. The van der Waals surface area contributed by atoms with E-state index < -0.39 is 0 Å². The van der Waals surface area contributed by atoms with Gasteiger partial charge < -0.3 is 10.6 Å². The molecule has 0 aromatic heterocycles. The third-order valence-corrected chi connectivity index (χ3v) is 5.35. The van der Waals surface area contributed by atoms with Crippen LogP contribution in [0, 0.1) is 5.92 Å². The van der Waals surface area contributed by atoms with Crippen molar-refractivity contribution in [3.8, 4) is 0 Å². The first-order valence-electron chi connectivity index (χ1n) is 8.14. The zero-order valence-corrected chi connectivity index (χ0v) is 15.4. The SMILES string of the molecule is Cl.O=C1CC(Cc2ccc(NC(=O)CC3CSCCN3)cc2)C(=O)N1. The summed E-state index contributed by atoms with van der Waals surface area (Å²) in [5.74, 6) is 1.38. The highest BCUT2D eigenvalue weighted by molar-refractivity contribution is 7.99. The number of benzene rings is 1. The molecule has 0 saturated carbocycles. The lowest BCUT2D eigenvalue weighted by Gasteiger charge is -2.22. The molecule has 0 radical (unpaired) electrons. The van der Waals surface area contributed by atoms with Crippen molar-refractivity contribution >= 4 is 47.6 Å². The molecule has 8 heteroatoms. The predicted molar refractivity (Wildman–Crippen MR) is 101 cm³/mol. The average molecular weight is 384 g/mol. The van der Waals surface area contributed by atoms with Crippen molar-refractivity contribution in [2.75, 3.05) is 23.4 Å². The molecule has 0 aliphatic carbocycles. The molecule has 3 N–H and O–H groups in total. The van der Waals surface area contributed by atoms with Gasteiger partial charge in [0.2, 0.25) is 17.7 Å². The summed E-state index contributed by atoms with van der Waals surface area (Å²) in [5.41, 5.74) is 1.73. The molecular formula is C17H22ClN3O3S. The molecular weight excluding hydrogens is 362 g/mol. The van der Waals surface area contributed by atoms with Crippen molar-refractivity contribution in [3.63, 3.8) is 0 Å². The quantitative estimate of drug-likeness (QED) is 0.668. The zero-order chi connectivity index (χ0) is 16.9. The molecule has 2 aliphatic rings. The molecule has 0 spiro atoms. The van der Waals surface area contributed by atoms with Gasteiger partial charge in [-0.05, 0) is 24.1 Å². The lowest BCUT2D eigenvalue weighted by atomic mass is 9.98. The van der Waals surface area contributed by atoms with Crippen molar-refractivity contribution in [2.45, 2.75) is 25.3 Å². The van der Waals surface area contributed by atoms with E-state index in [1.165, 1.54) is 0 Å². The average Bonchev–Trinajstić information content (AvgIpc) is 2.87. The van der Waals surface area contributed by atoms with E-state index in [4.69, 9.17) is 0 Å². The third-order valence-electron chi connectivity index (χ3n) is 4.22. The number of carbonyl (C=O) groups excluding carboxylic acids is 3. The fraction of sp³-hybridized carbons (Fsp3) is 0.471. The maximum Gasteiger partial charge on any atom is 0.230 e. The summed E-state index contributed by atoms with van der Waals surface area (Å²) in [6.45, 7) is 0.953. The Kier molecular flexibility index (Phi) is 7.28. The van der Waals surface area contributed by atoms with Crippen LogP contribution in [-0.4, -0.2) is 41.8 Å². The number of imide groups is 1. The largest absolute Gasteiger partial charge is 0.326 e. The van der Waals surface area contributed by atoms with Crippen molar-refractivity contribution < 1.29 is 14.4 Å². The summed E-state index contributed by atoms with van der Waals surface area (Å²) >= 11 is 1.87. The Bertz CT molecular complexity index is 633. The van der Waals surface area contributed by atoms with Gasteiger partial charge in [0.25, 0.3) is 0 Å². The number of hydrogen-bond donors (Lipinski definition) is 3. The first kappa shape index (κ1) is 19.8. The summed E-state index contributed by atoms with van der Waals surface area (Å²) in [4.78, 5) is 34.9. The van der Waals surface area contributed by atoms with Crippen LogP contribution in [-0.2, 0) is 20.8 Å². The molecule has 2 aliphatic heterocycles. The van der Waals surface area contributed by atoms with E-state index in [1.54, 1.807) is 0 Å². The molecule has 2 atom stereocenters. The van der Waals surface area contributed by atoms with Crippen LogP contribution in [0.25, 0.3) is 0 Å². The van der Waals surface area contributed by atoms with Crippen LogP contribution in [0.3, 0.4) is 0 Å². The van der Waals surface area contributed by atoms with Gasteiger partial charge in [0.15, 0.2) is 0 Å². The van der Waals surface area contributed by atoms with Crippen molar-refractivity contribution in [3.05, 3.63) is 29.8 Å². The highest BCUT2D eigenvalue weighted by atomic mass is 35.5. The van der Waals surface area contributed by atoms with Crippen molar-refractivity contribution in [1.29, 1.82) is 0 Å². The minimum absolute atomic E-state index is 0. The minimum atomic E-state index is -0.284. The fourth-order valence-corrected chi connectivity index (χ4v) is 3.92. The molecule has 2 unspecified atom stereocenters. The standard InChI is InChI=1S/C17H21N3O3S.ClH/c21-15-8-12(17(23)20-15)7-11-1-3-13(4-2-11)19-16(22)9-14-10-24-6-5-18-14;/h1-4,12,14,18H,5-10H2,(H,19,22)(H,20,21,23);1H. The molecule has 2 heterocycles. The summed E-state index contributed by atoms with van der Waals surface area (Å²) in [6.07, 6.45) is 1.26. The van der Waals surface area contributed by atoms with Crippen LogP contribution in [0.15, 0.2) is 24.3 Å². The Morgan fingerprint density at radius 1 is 1.24 bits per heavy atom. The molecule has 3 rings (SSSR count). The lowest BCUT2D eigenvalue weighted by Crippen LogP contribution is -2.39. The normalized spacial score (nSPS) is 22.9. The van der Waals surface area contributed by atoms with Gasteiger partial charge in [-0.3, -0.25) is 19.7 Å². The van der Waals surface area contributed by atoms with Gasteiger partial charge in [-0.2, -0.15) is 11.8 Å². The van der Waals surface area contributed by atoms with Gasteiger partial charge in [-0.15, -0.1) is 12.4 Å². The number of nitrogens with one attached hydrogen (secondary N) is 3. The monoisotopic (exact) mass is 383 g/mol. The maximum atomic E-state index is 12.1. The molecule has 1 aromatic rings. The second-order valence-corrected chi connectivity index (χ2v) is 7.34. The van der Waals surface area contributed by atoms with E-state index in [9.17, 15) is 14.4 Å². The predicted octanol–water partition coefficient (Wildman–Crippen LogP) is 1.35. The number of amides is 3. The summed E-state index contributed by atoms with van der Waals surface area (Å²) < 4.78 is 0. The summed E-state index contributed by atoms with van der Waals surface area (Å²) in [5, 5.41) is 8.57. The minimum Gasteiger partial charge on any atom is -0.326 e. The summed E-state index contributed by atoms with van der Waals surface area (Å²) in [7, 11) is 0. The number of halogens is 1. The smallest absolute Gasteiger partial charge is 0.230 e. The number of thioether (sulfide) groups is 1. The molecule has 2 saturated heterocycles. The Labute approximate surface area is 157 Å². The topological polar surface area (TPSA) is 87.3 Å². The Morgan fingerprint density at radius 3 is 2.60 bits per heavy atom. The molecule has 25 heavy (non-hydrogen) atoms. The number of hydrogen-bond acceptors (Lipinski definition) is 5. The van der Waals surface area contributed by atoms with Gasteiger partial charge in [-0.25, -0.2) is 0 Å². The van der Waals surface area contributed by atoms with E-state index in [-0.39, 0.29) is 48.5 Å². The van der Waals surface area contributed by atoms with E-state index in [0.29, 0.717) is 12.8 Å². The van der Waals surface area contributed by atoms with Crippen LogP contribution in [0.2, 0.25) is 0 Å². The van der Waals surface area contributed by atoms with Gasteiger partial charge >= 0.3 is 0 Å². The van der Waals surface area contributed by atoms with Gasteiger partial charge in [0.1, 0.15) is 0 Å². The molecule has 3 amide bonds. The van der Waals surface area contributed by atoms with Gasteiger partial charge in [0, 0.05) is 42.6 Å². The van der Waals surface area contributed by atoms with E-state index >= 15 is 0 Å². The Hall–Kier alpha value is -1.57. The second-order valence-electron chi connectivity index (χ2n) is 6.19. The van der Waals surface area contributed by atoms with Crippen LogP contribution in [0.5, 0.6) is 0 Å². The van der Waals surface area contributed by atoms with E-state index in [1.807, 2.05) is 36.0 Å². The van der Waals surface area contributed by atoms with Crippen LogP contribution < -0.4 is 16.0 Å². The molecule has 136 valence electrons.